The minimum atomic E-state index is -0.835. The van der Waals surface area contributed by atoms with Crippen molar-refractivity contribution in [2.75, 3.05) is 0 Å². The second kappa shape index (κ2) is 8.77. The maximum Gasteiger partial charge on any atom is 0.228 e. The molecule has 4 rings (SSSR count). The predicted molar refractivity (Wildman–Crippen MR) is 108 cm³/mol. The zero-order valence-corrected chi connectivity index (χ0v) is 16.1. The number of ether oxygens (including phenoxy) is 1. The van der Waals surface area contributed by atoms with E-state index in [2.05, 4.69) is 26.6 Å². The summed E-state index contributed by atoms with van der Waals surface area (Å²) >= 11 is 0. The van der Waals surface area contributed by atoms with E-state index in [1.807, 2.05) is 36.4 Å². The molecule has 0 bridgehead atoms. The third-order valence-electron chi connectivity index (χ3n) is 4.46. The van der Waals surface area contributed by atoms with Gasteiger partial charge in [-0.05, 0) is 18.4 Å². The first kappa shape index (κ1) is 19.6. The summed E-state index contributed by atoms with van der Waals surface area (Å²) in [6, 6.07) is 10.4. The first-order chi connectivity index (χ1) is 14.7. The van der Waals surface area contributed by atoms with Crippen molar-refractivity contribution in [2.24, 2.45) is 0 Å². The fourth-order valence-corrected chi connectivity index (χ4v) is 3.00. The molecule has 0 saturated carbocycles. The summed E-state index contributed by atoms with van der Waals surface area (Å²) in [6.45, 7) is 4.04. The van der Waals surface area contributed by atoms with Crippen LogP contribution in [0.4, 0.5) is 8.78 Å². The van der Waals surface area contributed by atoms with Crippen LogP contribution in [0.5, 0.6) is 5.88 Å². The lowest BCUT2D eigenvalue weighted by Gasteiger charge is -2.09. The molecular formula is C22H19F2N5O. The molecule has 0 unspecified atom stereocenters. The Morgan fingerprint density at radius 2 is 1.93 bits per heavy atom. The van der Waals surface area contributed by atoms with Gasteiger partial charge in [0, 0.05) is 12.5 Å². The monoisotopic (exact) mass is 407 g/mol. The lowest BCUT2D eigenvalue weighted by atomic mass is 10.2. The standard InChI is InChI=1S/C22H19F2N5O/c1-2-3-5-10-19-27-20-17(22(28-19)30-14-15-8-6-4-7-9-15)13-26-29(20)21-18(24)11-16(23)12-25-21/h2,4,6-9,11-13H,1,3,5,10,14H2. The number of rotatable bonds is 8. The van der Waals surface area contributed by atoms with Crippen LogP contribution in [0.2, 0.25) is 0 Å². The van der Waals surface area contributed by atoms with Crippen LogP contribution >= 0.6 is 0 Å². The summed E-state index contributed by atoms with van der Waals surface area (Å²) in [6.07, 6.45) is 6.47. The van der Waals surface area contributed by atoms with Crippen molar-refractivity contribution in [1.29, 1.82) is 0 Å². The van der Waals surface area contributed by atoms with E-state index in [1.54, 1.807) is 0 Å². The molecule has 0 spiro atoms. The molecule has 0 radical (unpaired) electrons. The fourth-order valence-electron chi connectivity index (χ4n) is 3.00. The molecule has 152 valence electrons. The average Bonchev–Trinajstić information content (AvgIpc) is 3.17. The fraction of sp³-hybridized carbons (Fsp3) is 0.182. The maximum absolute atomic E-state index is 14.3. The number of allylic oxidation sites excluding steroid dienone is 1. The number of nitrogens with zero attached hydrogens (tertiary/aromatic N) is 5. The van der Waals surface area contributed by atoms with Crippen molar-refractivity contribution in [3.8, 4) is 11.7 Å². The second-order valence-corrected chi connectivity index (χ2v) is 6.65. The number of unbranched alkanes of at least 4 members (excludes halogenated alkanes) is 1. The molecule has 0 fully saturated rings. The van der Waals surface area contributed by atoms with Crippen LogP contribution in [0.3, 0.4) is 0 Å². The van der Waals surface area contributed by atoms with E-state index in [9.17, 15) is 8.78 Å². The number of hydrogen-bond donors (Lipinski definition) is 0. The second-order valence-electron chi connectivity index (χ2n) is 6.65. The maximum atomic E-state index is 14.3. The van der Waals surface area contributed by atoms with Gasteiger partial charge in [0.15, 0.2) is 17.3 Å². The number of pyridine rings is 1. The van der Waals surface area contributed by atoms with Crippen LogP contribution in [0, 0.1) is 11.6 Å². The minimum Gasteiger partial charge on any atom is -0.472 e. The number of benzene rings is 1. The number of hydrogen-bond acceptors (Lipinski definition) is 5. The first-order valence-electron chi connectivity index (χ1n) is 9.49. The largest absolute Gasteiger partial charge is 0.472 e. The highest BCUT2D eigenvalue weighted by Gasteiger charge is 2.18. The summed E-state index contributed by atoms with van der Waals surface area (Å²) in [7, 11) is 0. The molecule has 0 aliphatic heterocycles. The van der Waals surface area contributed by atoms with Crippen LogP contribution in [0.15, 0.2) is 61.4 Å². The lowest BCUT2D eigenvalue weighted by Crippen LogP contribution is -2.07. The molecule has 0 saturated heterocycles. The average molecular weight is 407 g/mol. The van der Waals surface area contributed by atoms with Crippen molar-refractivity contribution >= 4 is 11.0 Å². The highest BCUT2D eigenvalue weighted by Crippen LogP contribution is 2.26. The van der Waals surface area contributed by atoms with E-state index in [0.29, 0.717) is 35.8 Å². The Labute approximate surface area is 171 Å². The van der Waals surface area contributed by atoms with E-state index in [4.69, 9.17) is 4.74 Å². The zero-order valence-electron chi connectivity index (χ0n) is 16.1. The Morgan fingerprint density at radius 3 is 2.70 bits per heavy atom. The zero-order chi connectivity index (χ0) is 20.9. The molecule has 0 aliphatic carbocycles. The molecule has 30 heavy (non-hydrogen) atoms. The molecule has 0 N–H and O–H groups in total. The van der Waals surface area contributed by atoms with Crippen LogP contribution < -0.4 is 4.74 Å². The van der Waals surface area contributed by atoms with Gasteiger partial charge in [-0.2, -0.15) is 14.8 Å². The van der Waals surface area contributed by atoms with Gasteiger partial charge in [0.2, 0.25) is 5.88 Å². The highest BCUT2D eigenvalue weighted by atomic mass is 19.1. The van der Waals surface area contributed by atoms with Crippen LogP contribution in [0.25, 0.3) is 16.9 Å². The lowest BCUT2D eigenvalue weighted by molar-refractivity contribution is 0.296. The smallest absolute Gasteiger partial charge is 0.228 e. The summed E-state index contributed by atoms with van der Waals surface area (Å²) in [5.41, 5.74) is 1.33. The van der Waals surface area contributed by atoms with Crippen molar-refractivity contribution in [3.63, 3.8) is 0 Å². The van der Waals surface area contributed by atoms with Crippen molar-refractivity contribution in [2.45, 2.75) is 25.9 Å². The molecular weight excluding hydrogens is 388 g/mol. The quantitative estimate of drug-likeness (QED) is 0.316. The minimum absolute atomic E-state index is 0.142. The summed E-state index contributed by atoms with van der Waals surface area (Å²) in [5.74, 6) is -0.850. The third-order valence-corrected chi connectivity index (χ3v) is 4.46. The van der Waals surface area contributed by atoms with Gasteiger partial charge in [-0.25, -0.2) is 18.7 Å². The van der Waals surface area contributed by atoms with Gasteiger partial charge in [-0.1, -0.05) is 36.4 Å². The molecule has 6 nitrogen and oxygen atoms in total. The van der Waals surface area contributed by atoms with E-state index in [1.165, 1.54) is 10.9 Å². The van der Waals surface area contributed by atoms with Gasteiger partial charge in [0.1, 0.15) is 23.6 Å². The van der Waals surface area contributed by atoms with Crippen molar-refractivity contribution < 1.29 is 13.5 Å². The molecule has 3 heterocycles. The van der Waals surface area contributed by atoms with E-state index >= 15 is 0 Å². The van der Waals surface area contributed by atoms with Crippen LogP contribution in [-0.2, 0) is 13.0 Å². The van der Waals surface area contributed by atoms with Gasteiger partial charge in [-0.15, -0.1) is 6.58 Å². The predicted octanol–water partition coefficient (Wildman–Crippen LogP) is 4.58. The van der Waals surface area contributed by atoms with E-state index in [0.717, 1.165) is 30.7 Å². The molecule has 4 aromatic rings. The number of aryl methyl sites for hydroxylation is 1. The normalized spacial score (nSPS) is 11.0. The van der Waals surface area contributed by atoms with Gasteiger partial charge < -0.3 is 4.74 Å². The molecule has 0 amide bonds. The molecule has 1 aromatic carbocycles. The SMILES string of the molecule is C=CCCCc1nc(OCc2ccccc2)c2cnn(-c3ncc(F)cc3F)c2n1. The Hall–Kier alpha value is -3.68. The van der Waals surface area contributed by atoms with E-state index < -0.39 is 11.6 Å². The number of halogens is 2. The Morgan fingerprint density at radius 1 is 1.10 bits per heavy atom. The number of fused-ring (bicyclic) bond motifs is 1. The van der Waals surface area contributed by atoms with Crippen LogP contribution in [-0.4, -0.2) is 24.7 Å². The molecule has 8 heteroatoms. The summed E-state index contributed by atoms with van der Waals surface area (Å²) < 4.78 is 34.8. The third kappa shape index (κ3) is 4.17. The van der Waals surface area contributed by atoms with Gasteiger partial charge >= 0.3 is 0 Å². The Bertz CT molecular complexity index is 1180. The molecule has 0 aliphatic rings. The first-order valence-corrected chi connectivity index (χ1v) is 9.49. The Kier molecular flexibility index (Phi) is 5.74. The van der Waals surface area contributed by atoms with Gasteiger partial charge in [-0.3, -0.25) is 0 Å². The summed E-state index contributed by atoms with van der Waals surface area (Å²) in [4.78, 5) is 12.9. The van der Waals surface area contributed by atoms with Gasteiger partial charge in [0.25, 0.3) is 0 Å². The topological polar surface area (TPSA) is 65.7 Å². The Balaban J connectivity index is 1.75. The van der Waals surface area contributed by atoms with Crippen LogP contribution in [0.1, 0.15) is 24.2 Å². The molecule has 3 aromatic heterocycles. The highest BCUT2D eigenvalue weighted by molar-refractivity contribution is 5.81. The van der Waals surface area contributed by atoms with Crippen molar-refractivity contribution in [3.05, 3.63) is 84.5 Å². The number of aromatic nitrogens is 5. The van der Waals surface area contributed by atoms with E-state index in [-0.39, 0.29) is 5.82 Å². The van der Waals surface area contributed by atoms with Gasteiger partial charge in [0.05, 0.1) is 12.4 Å². The summed E-state index contributed by atoms with van der Waals surface area (Å²) in [5, 5.41) is 4.72. The van der Waals surface area contributed by atoms with Crippen molar-refractivity contribution in [1.82, 2.24) is 24.7 Å². The molecule has 0 atom stereocenters.